The lowest BCUT2D eigenvalue weighted by Gasteiger charge is -2.09. The van der Waals surface area contributed by atoms with Crippen molar-refractivity contribution in [1.82, 2.24) is 15.0 Å². The zero-order valence-electron chi connectivity index (χ0n) is 16.9. The third kappa shape index (κ3) is 4.22. The van der Waals surface area contributed by atoms with Crippen LogP contribution in [0.25, 0.3) is 22.0 Å². The van der Waals surface area contributed by atoms with Crippen molar-refractivity contribution in [2.45, 2.75) is 4.90 Å². The molecule has 0 saturated carbocycles. The molecule has 8 nitrogen and oxygen atoms in total. The van der Waals surface area contributed by atoms with E-state index in [4.69, 9.17) is 9.47 Å². The summed E-state index contributed by atoms with van der Waals surface area (Å²) in [4.78, 5) is 2.39. The molecule has 0 aliphatic carbocycles. The monoisotopic (exact) mass is 436 g/mol. The first-order chi connectivity index (χ1) is 15.0. The van der Waals surface area contributed by atoms with E-state index in [1.165, 1.54) is 6.21 Å². The average Bonchev–Trinajstić information content (AvgIpc) is 3.26. The Morgan fingerprint density at radius 3 is 2.52 bits per heavy atom. The van der Waals surface area contributed by atoms with E-state index in [2.05, 4.69) is 20.1 Å². The number of rotatable bonds is 7. The Morgan fingerprint density at radius 2 is 1.74 bits per heavy atom. The number of benzene rings is 3. The predicted octanol–water partition coefficient (Wildman–Crippen LogP) is 3.56. The minimum Gasteiger partial charge on any atom is -0.493 e. The van der Waals surface area contributed by atoms with Gasteiger partial charge in [0.05, 0.1) is 37.2 Å². The smallest absolute Gasteiger partial charge is 0.276 e. The quantitative estimate of drug-likeness (QED) is 0.340. The predicted molar refractivity (Wildman–Crippen MR) is 119 cm³/mol. The lowest BCUT2D eigenvalue weighted by Crippen LogP contribution is -2.18. The van der Waals surface area contributed by atoms with Crippen LogP contribution in [-0.4, -0.2) is 39.0 Å². The molecule has 4 rings (SSSR count). The number of nitrogens with one attached hydrogen (secondary N) is 2. The van der Waals surface area contributed by atoms with Crippen LogP contribution in [0.5, 0.6) is 11.5 Å². The first kappa shape index (κ1) is 20.4. The number of fused-ring (bicyclic) bond motifs is 1. The molecule has 0 bridgehead atoms. The van der Waals surface area contributed by atoms with E-state index >= 15 is 0 Å². The Morgan fingerprint density at radius 1 is 0.968 bits per heavy atom. The van der Waals surface area contributed by atoms with Crippen molar-refractivity contribution in [2.75, 3.05) is 14.2 Å². The van der Waals surface area contributed by atoms with Crippen LogP contribution in [0.3, 0.4) is 0 Å². The Balaban J connectivity index is 1.56. The topological polar surface area (TPSA) is 106 Å². The number of aromatic amines is 1. The maximum Gasteiger partial charge on any atom is 0.276 e. The van der Waals surface area contributed by atoms with Crippen LogP contribution in [0.2, 0.25) is 0 Å². The van der Waals surface area contributed by atoms with Gasteiger partial charge in [0.1, 0.15) is 0 Å². The molecule has 0 amide bonds. The highest BCUT2D eigenvalue weighted by Crippen LogP contribution is 2.32. The van der Waals surface area contributed by atoms with Crippen LogP contribution in [0.4, 0.5) is 0 Å². The van der Waals surface area contributed by atoms with Crippen LogP contribution in [0, 0.1) is 0 Å². The molecule has 3 aromatic carbocycles. The van der Waals surface area contributed by atoms with Crippen molar-refractivity contribution >= 4 is 27.0 Å². The van der Waals surface area contributed by atoms with Gasteiger partial charge in [-0.3, -0.25) is 5.10 Å². The van der Waals surface area contributed by atoms with E-state index in [-0.39, 0.29) is 4.90 Å². The third-order valence-corrected chi connectivity index (χ3v) is 5.97. The molecule has 0 atom stereocenters. The van der Waals surface area contributed by atoms with Gasteiger partial charge in [0.15, 0.2) is 11.5 Å². The van der Waals surface area contributed by atoms with Gasteiger partial charge in [-0.2, -0.15) is 18.6 Å². The number of hydrogen-bond acceptors (Lipinski definition) is 6. The SMILES string of the molecule is COc1ccc(-c2[nH]ncc2/C=N/NS(=O)(=O)c2ccc3ccccc3c2)cc1OC. The van der Waals surface area contributed by atoms with Crippen molar-refractivity contribution in [1.29, 1.82) is 0 Å². The lowest BCUT2D eigenvalue weighted by molar-refractivity contribution is 0.355. The Hall–Kier alpha value is -3.85. The second-order valence-corrected chi connectivity index (χ2v) is 8.29. The van der Waals surface area contributed by atoms with E-state index in [9.17, 15) is 8.42 Å². The number of sulfonamides is 1. The summed E-state index contributed by atoms with van der Waals surface area (Å²) < 4.78 is 35.9. The first-order valence-electron chi connectivity index (χ1n) is 9.31. The maximum atomic E-state index is 12.6. The van der Waals surface area contributed by atoms with Gasteiger partial charge >= 0.3 is 0 Å². The molecule has 0 aliphatic rings. The Kier molecular flexibility index (Phi) is 5.59. The molecule has 1 heterocycles. The minimum atomic E-state index is -3.82. The summed E-state index contributed by atoms with van der Waals surface area (Å²) in [5.74, 6) is 1.17. The van der Waals surface area contributed by atoms with Crippen LogP contribution in [-0.2, 0) is 10.0 Å². The van der Waals surface area contributed by atoms with Crippen molar-refractivity contribution in [3.8, 4) is 22.8 Å². The van der Waals surface area contributed by atoms with Gasteiger partial charge in [0.25, 0.3) is 10.0 Å². The van der Waals surface area contributed by atoms with Gasteiger partial charge in [0, 0.05) is 11.1 Å². The molecule has 4 aromatic rings. The standard InChI is InChI=1S/C22H20N4O4S/c1-29-20-10-8-17(12-21(20)30-2)22-18(13-23-25-22)14-24-26-31(27,28)19-9-7-15-5-3-4-6-16(15)11-19/h3-14,26H,1-2H3,(H,23,25)/b24-14+. The summed E-state index contributed by atoms with van der Waals surface area (Å²) >= 11 is 0. The molecule has 0 aliphatic heterocycles. The second-order valence-electron chi connectivity index (χ2n) is 6.63. The molecule has 2 N–H and O–H groups in total. The third-order valence-electron chi connectivity index (χ3n) is 4.75. The van der Waals surface area contributed by atoms with Gasteiger partial charge in [0.2, 0.25) is 0 Å². The fourth-order valence-electron chi connectivity index (χ4n) is 3.17. The number of hydrazone groups is 1. The molecule has 31 heavy (non-hydrogen) atoms. The molecule has 0 radical (unpaired) electrons. The number of ether oxygens (including phenoxy) is 2. The summed E-state index contributed by atoms with van der Waals surface area (Å²) in [6.45, 7) is 0. The molecule has 0 spiro atoms. The molecular weight excluding hydrogens is 416 g/mol. The first-order valence-corrected chi connectivity index (χ1v) is 10.8. The normalized spacial score (nSPS) is 11.7. The number of nitrogens with zero attached hydrogens (tertiary/aromatic N) is 2. The highest BCUT2D eigenvalue weighted by atomic mass is 32.2. The van der Waals surface area contributed by atoms with Gasteiger partial charge in [-0.05, 0) is 41.1 Å². The van der Waals surface area contributed by atoms with Crippen molar-refractivity contribution in [3.05, 3.63) is 72.4 Å². The van der Waals surface area contributed by atoms with Gasteiger partial charge in [-0.25, -0.2) is 4.83 Å². The van der Waals surface area contributed by atoms with Crippen LogP contribution in [0.1, 0.15) is 5.56 Å². The van der Waals surface area contributed by atoms with Crippen molar-refractivity contribution in [2.24, 2.45) is 5.10 Å². The molecule has 0 saturated heterocycles. The highest BCUT2D eigenvalue weighted by molar-refractivity contribution is 7.89. The molecule has 1 aromatic heterocycles. The number of methoxy groups -OCH3 is 2. The lowest BCUT2D eigenvalue weighted by atomic mass is 10.1. The van der Waals surface area contributed by atoms with Gasteiger partial charge < -0.3 is 9.47 Å². The summed E-state index contributed by atoms with van der Waals surface area (Å²) in [6.07, 6.45) is 2.95. The van der Waals surface area contributed by atoms with Crippen LogP contribution in [0.15, 0.2) is 76.9 Å². The minimum absolute atomic E-state index is 0.135. The molecule has 0 fully saturated rings. The number of hydrogen-bond donors (Lipinski definition) is 2. The zero-order valence-corrected chi connectivity index (χ0v) is 17.7. The van der Waals surface area contributed by atoms with E-state index in [1.54, 1.807) is 50.7 Å². The molecular formula is C22H20N4O4S. The van der Waals surface area contributed by atoms with E-state index in [0.717, 1.165) is 16.3 Å². The highest BCUT2D eigenvalue weighted by Gasteiger charge is 2.14. The Labute approximate surface area is 179 Å². The maximum absolute atomic E-state index is 12.6. The summed E-state index contributed by atoms with van der Waals surface area (Å²) in [6, 6.07) is 17.9. The fraction of sp³-hybridized carbons (Fsp3) is 0.0909. The summed E-state index contributed by atoms with van der Waals surface area (Å²) in [7, 11) is -0.700. The van der Waals surface area contributed by atoms with E-state index in [1.807, 2.05) is 30.3 Å². The fourth-order valence-corrected chi connectivity index (χ4v) is 4.00. The van der Waals surface area contributed by atoms with Gasteiger partial charge in [-0.1, -0.05) is 30.3 Å². The number of H-pyrrole nitrogens is 1. The Bertz CT molecular complexity index is 1360. The van der Waals surface area contributed by atoms with Gasteiger partial charge in [-0.15, -0.1) is 0 Å². The second kappa shape index (κ2) is 8.49. The van der Waals surface area contributed by atoms with E-state index in [0.29, 0.717) is 22.8 Å². The molecule has 0 unspecified atom stereocenters. The van der Waals surface area contributed by atoms with Crippen molar-refractivity contribution in [3.63, 3.8) is 0 Å². The van der Waals surface area contributed by atoms with Crippen LogP contribution >= 0.6 is 0 Å². The molecule has 9 heteroatoms. The summed E-state index contributed by atoms with van der Waals surface area (Å²) in [5.41, 5.74) is 2.05. The number of aromatic nitrogens is 2. The van der Waals surface area contributed by atoms with Crippen molar-refractivity contribution < 1.29 is 17.9 Å². The molecule has 158 valence electrons. The van der Waals surface area contributed by atoms with E-state index < -0.39 is 10.0 Å². The average molecular weight is 436 g/mol. The zero-order chi connectivity index (χ0) is 21.8. The van der Waals surface area contributed by atoms with Crippen LogP contribution < -0.4 is 14.3 Å². The largest absolute Gasteiger partial charge is 0.493 e. The summed E-state index contributed by atoms with van der Waals surface area (Å²) in [5, 5.41) is 12.7.